The fourth-order valence-corrected chi connectivity index (χ4v) is 3.14. The molecule has 7 nitrogen and oxygen atoms in total. The van der Waals surface area contributed by atoms with Crippen LogP contribution >= 0.6 is 0 Å². The lowest BCUT2D eigenvalue weighted by molar-refractivity contribution is 0.0954. The predicted molar refractivity (Wildman–Crippen MR) is 134 cm³/mol. The number of carbonyl (C=O) groups excluding carboxylic acids is 2. The zero-order chi connectivity index (χ0) is 24.7. The molecule has 0 aliphatic rings. The molecular weight excluding hydrogens is 430 g/mol. The number of hydrogen-bond donors (Lipinski definition) is 3. The van der Waals surface area contributed by atoms with Crippen molar-refractivity contribution < 1.29 is 19.4 Å². The number of hydrazone groups is 1. The van der Waals surface area contributed by atoms with E-state index in [2.05, 4.69) is 36.6 Å². The van der Waals surface area contributed by atoms with Gasteiger partial charge >= 0.3 is 0 Å². The topological polar surface area (TPSA) is 100 Å². The van der Waals surface area contributed by atoms with Gasteiger partial charge in [0.2, 0.25) is 0 Å². The molecule has 7 heteroatoms. The normalized spacial score (nSPS) is 11.3. The van der Waals surface area contributed by atoms with Crippen molar-refractivity contribution in [1.82, 2.24) is 5.43 Å². The van der Waals surface area contributed by atoms with Crippen molar-refractivity contribution in [2.24, 2.45) is 5.10 Å². The van der Waals surface area contributed by atoms with Gasteiger partial charge in [-0.3, -0.25) is 9.59 Å². The summed E-state index contributed by atoms with van der Waals surface area (Å²) in [5, 5.41) is 16.5. The molecule has 0 radical (unpaired) electrons. The first-order chi connectivity index (χ1) is 16.2. The molecule has 2 amide bonds. The Kier molecular flexibility index (Phi) is 7.68. The highest BCUT2D eigenvalue weighted by Gasteiger charge is 2.14. The SMILES string of the molecule is CCOc1cc(/C=N/NC(=O)c2ccc(NC(=O)c3ccc(C(C)(C)C)cc3)cc2)ccc1O. The number of rotatable bonds is 7. The Morgan fingerprint density at radius 3 is 2.18 bits per heavy atom. The van der Waals surface area contributed by atoms with Gasteiger partial charge in [0.05, 0.1) is 12.8 Å². The number of phenols is 1. The molecule has 0 bridgehead atoms. The maximum Gasteiger partial charge on any atom is 0.271 e. The molecule has 0 saturated carbocycles. The van der Waals surface area contributed by atoms with Gasteiger partial charge in [-0.15, -0.1) is 0 Å². The molecule has 0 unspecified atom stereocenters. The Morgan fingerprint density at radius 1 is 0.941 bits per heavy atom. The van der Waals surface area contributed by atoms with Crippen LogP contribution < -0.4 is 15.5 Å². The number of nitrogens with one attached hydrogen (secondary N) is 2. The number of hydrogen-bond acceptors (Lipinski definition) is 5. The molecule has 0 spiro atoms. The number of nitrogens with zero attached hydrogens (tertiary/aromatic N) is 1. The van der Waals surface area contributed by atoms with Crippen LogP contribution in [-0.4, -0.2) is 29.7 Å². The van der Waals surface area contributed by atoms with Crippen molar-refractivity contribution >= 4 is 23.7 Å². The zero-order valence-electron chi connectivity index (χ0n) is 19.8. The highest BCUT2D eigenvalue weighted by molar-refractivity contribution is 6.04. The summed E-state index contributed by atoms with van der Waals surface area (Å²) in [5.74, 6) is -0.226. The van der Waals surface area contributed by atoms with E-state index >= 15 is 0 Å². The van der Waals surface area contributed by atoms with Gasteiger partial charge < -0.3 is 15.2 Å². The largest absolute Gasteiger partial charge is 0.504 e. The van der Waals surface area contributed by atoms with Crippen molar-refractivity contribution in [3.63, 3.8) is 0 Å². The minimum Gasteiger partial charge on any atom is -0.504 e. The number of ether oxygens (including phenoxy) is 1. The first-order valence-electron chi connectivity index (χ1n) is 11.0. The van der Waals surface area contributed by atoms with Gasteiger partial charge in [-0.05, 0) is 78.1 Å². The van der Waals surface area contributed by atoms with Crippen molar-refractivity contribution in [3.05, 3.63) is 89.0 Å². The predicted octanol–water partition coefficient (Wildman–Crippen LogP) is 5.10. The van der Waals surface area contributed by atoms with Crippen molar-refractivity contribution in [3.8, 4) is 11.5 Å². The molecule has 34 heavy (non-hydrogen) atoms. The van der Waals surface area contributed by atoms with Gasteiger partial charge in [0.15, 0.2) is 11.5 Å². The van der Waals surface area contributed by atoms with E-state index in [1.807, 2.05) is 19.1 Å². The van der Waals surface area contributed by atoms with Crippen LogP contribution in [0.1, 0.15) is 59.5 Å². The summed E-state index contributed by atoms with van der Waals surface area (Å²) in [7, 11) is 0. The van der Waals surface area contributed by atoms with E-state index in [9.17, 15) is 14.7 Å². The molecule has 0 aliphatic carbocycles. The van der Waals surface area contributed by atoms with Crippen LogP contribution in [0.25, 0.3) is 0 Å². The lowest BCUT2D eigenvalue weighted by Gasteiger charge is -2.19. The summed E-state index contributed by atoms with van der Waals surface area (Å²) in [4.78, 5) is 24.9. The van der Waals surface area contributed by atoms with Crippen LogP contribution in [0.3, 0.4) is 0 Å². The maximum atomic E-state index is 12.5. The summed E-state index contributed by atoms with van der Waals surface area (Å²) < 4.78 is 5.33. The molecule has 0 aliphatic heterocycles. The summed E-state index contributed by atoms with van der Waals surface area (Å²) in [6.45, 7) is 8.61. The second-order valence-corrected chi connectivity index (χ2v) is 8.72. The summed E-state index contributed by atoms with van der Waals surface area (Å²) >= 11 is 0. The van der Waals surface area contributed by atoms with Gasteiger partial charge in [-0.25, -0.2) is 5.43 Å². The minimum atomic E-state index is -0.393. The van der Waals surface area contributed by atoms with E-state index < -0.39 is 5.91 Å². The Morgan fingerprint density at radius 2 is 1.56 bits per heavy atom. The van der Waals surface area contributed by atoms with Crippen molar-refractivity contribution in [1.29, 1.82) is 0 Å². The number of aromatic hydroxyl groups is 1. The number of anilines is 1. The Balaban J connectivity index is 1.57. The second-order valence-electron chi connectivity index (χ2n) is 8.72. The first-order valence-corrected chi connectivity index (χ1v) is 11.0. The third kappa shape index (κ3) is 6.45. The van der Waals surface area contributed by atoms with Crippen LogP contribution in [0.15, 0.2) is 71.8 Å². The van der Waals surface area contributed by atoms with Crippen molar-refractivity contribution in [2.45, 2.75) is 33.1 Å². The Labute approximate surface area is 199 Å². The molecule has 3 N–H and O–H groups in total. The molecule has 0 saturated heterocycles. The molecule has 0 atom stereocenters. The fraction of sp³-hybridized carbons (Fsp3) is 0.222. The molecule has 3 aromatic carbocycles. The zero-order valence-corrected chi connectivity index (χ0v) is 19.8. The summed E-state index contributed by atoms with van der Waals surface area (Å²) in [6.07, 6.45) is 1.46. The lowest BCUT2D eigenvalue weighted by atomic mass is 9.87. The first kappa shape index (κ1) is 24.5. The van der Waals surface area contributed by atoms with Gasteiger partial charge in [-0.1, -0.05) is 32.9 Å². The van der Waals surface area contributed by atoms with Crippen LogP contribution in [0, 0.1) is 0 Å². The van der Waals surface area contributed by atoms with Crippen LogP contribution in [0.5, 0.6) is 11.5 Å². The lowest BCUT2D eigenvalue weighted by Crippen LogP contribution is -2.18. The van der Waals surface area contributed by atoms with Gasteiger partial charge in [-0.2, -0.15) is 5.10 Å². The average Bonchev–Trinajstić information content (AvgIpc) is 2.81. The number of amides is 2. The number of phenolic OH excluding ortho intramolecular Hbond substituents is 1. The van der Waals surface area contributed by atoms with E-state index in [0.717, 1.165) is 5.56 Å². The third-order valence-electron chi connectivity index (χ3n) is 5.08. The van der Waals surface area contributed by atoms with E-state index in [1.54, 1.807) is 48.5 Å². The number of benzene rings is 3. The highest BCUT2D eigenvalue weighted by Crippen LogP contribution is 2.26. The van der Waals surface area contributed by atoms with E-state index in [0.29, 0.717) is 34.7 Å². The summed E-state index contributed by atoms with van der Waals surface area (Å²) in [5.41, 5.74) is 5.83. The summed E-state index contributed by atoms with van der Waals surface area (Å²) in [6, 6.07) is 18.8. The molecule has 0 heterocycles. The number of carbonyl (C=O) groups is 2. The standard InChI is InChI=1S/C27H29N3O4/c1-5-34-24-16-18(6-15-23(24)31)17-28-30-26(33)20-9-13-22(14-10-20)29-25(32)19-7-11-21(12-8-19)27(2,3)4/h6-17,31H,5H2,1-4H3,(H,29,32)(H,30,33)/b28-17+. The smallest absolute Gasteiger partial charge is 0.271 e. The molecule has 0 aromatic heterocycles. The Hall–Kier alpha value is -4.13. The molecular formula is C27H29N3O4. The van der Waals surface area contributed by atoms with Gasteiger partial charge in [0.25, 0.3) is 11.8 Å². The Bertz CT molecular complexity index is 1180. The molecule has 176 valence electrons. The molecule has 3 rings (SSSR count). The van der Waals surface area contributed by atoms with E-state index in [-0.39, 0.29) is 17.1 Å². The maximum absolute atomic E-state index is 12.5. The molecule has 0 fully saturated rings. The molecule has 3 aromatic rings. The van der Waals surface area contributed by atoms with Crippen LogP contribution in [0.4, 0.5) is 5.69 Å². The van der Waals surface area contributed by atoms with Crippen LogP contribution in [-0.2, 0) is 5.41 Å². The highest BCUT2D eigenvalue weighted by atomic mass is 16.5. The van der Waals surface area contributed by atoms with E-state index in [1.165, 1.54) is 12.3 Å². The quantitative estimate of drug-likeness (QED) is 0.338. The average molecular weight is 460 g/mol. The minimum absolute atomic E-state index is 0.0198. The van der Waals surface area contributed by atoms with Gasteiger partial charge in [0.1, 0.15) is 0 Å². The van der Waals surface area contributed by atoms with Crippen LogP contribution in [0.2, 0.25) is 0 Å². The van der Waals surface area contributed by atoms with Gasteiger partial charge in [0, 0.05) is 16.8 Å². The van der Waals surface area contributed by atoms with Crippen molar-refractivity contribution in [2.75, 3.05) is 11.9 Å². The van der Waals surface area contributed by atoms with E-state index in [4.69, 9.17) is 4.74 Å². The monoisotopic (exact) mass is 459 g/mol. The second kappa shape index (κ2) is 10.7. The fourth-order valence-electron chi connectivity index (χ4n) is 3.14. The third-order valence-corrected chi connectivity index (χ3v) is 5.08.